The molecule has 1 aromatic carbocycles. The fourth-order valence-corrected chi connectivity index (χ4v) is 1.92. The molecule has 0 amide bonds. The highest BCUT2D eigenvalue weighted by molar-refractivity contribution is 5.69. The molecule has 1 aromatic rings. The van der Waals surface area contributed by atoms with Crippen LogP contribution in [0.2, 0.25) is 0 Å². The molecule has 0 fully saturated rings. The molecule has 21 heavy (non-hydrogen) atoms. The Kier molecular flexibility index (Phi) is 5.71. The van der Waals surface area contributed by atoms with Gasteiger partial charge in [-0.05, 0) is 11.8 Å². The summed E-state index contributed by atoms with van der Waals surface area (Å²) in [6.45, 7) is 2.70. The molecule has 0 aliphatic heterocycles. The zero-order chi connectivity index (χ0) is 16.2. The van der Waals surface area contributed by atoms with Gasteiger partial charge in [-0.3, -0.25) is 0 Å². The summed E-state index contributed by atoms with van der Waals surface area (Å²) in [4.78, 5) is 0. The topological polar surface area (TPSA) is 67.5 Å². The number of alkyl halides is 2. The maximum atomic E-state index is 13.5. The number of rotatable bonds is 6. The molecule has 1 atom stereocenters. The van der Waals surface area contributed by atoms with Crippen molar-refractivity contribution in [3.63, 3.8) is 0 Å². The highest BCUT2D eigenvalue weighted by atomic mass is 19.3. The Morgan fingerprint density at radius 2 is 1.95 bits per heavy atom. The van der Waals surface area contributed by atoms with E-state index in [1.165, 1.54) is 0 Å². The van der Waals surface area contributed by atoms with Gasteiger partial charge in [0.15, 0.2) is 11.6 Å². The van der Waals surface area contributed by atoms with Gasteiger partial charge in [-0.1, -0.05) is 20.8 Å². The van der Waals surface area contributed by atoms with Crippen molar-refractivity contribution in [3.8, 4) is 5.75 Å². The van der Waals surface area contributed by atoms with E-state index < -0.39 is 18.2 Å². The Hall–Kier alpha value is -1.63. The van der Waals surface area contributed by atoms with Crippen molar-refractivity contribution in [2.24, 2.45) is 5.41 Å². The number of aliphatic hydroxyl groups is 1. The molecule has 7 heteroatoms. The van der Waals surface area contributed by atoms with Crippen LogP contribution < -0.4 is 15.8 Å². The van der Waals surface area contributed by atoms with E-state index in [0.29, 0.717) is 12.1 Å². The van der Waals surface area contributed by atoms with E-state index in [9.17, 15) is 13.2 Å². The van der Waals surface area contributed by atoms with Crippen LogP contribution in [-0.2, 0) is 0 Å². The molecular weight excluding hydrogens is 285 g/mol. The van der Waals surface area contributed by atoms with Crippen molar-refractivity contribution in [2.75, 3.05) is 17.7 Å². The van der Waals surface area contributed by atoms with Crippen molar-refractivity contribution in [2.45, 2.75) is 39.8 Å². The van der Waals surface area contributed by atoms with Crippen LogP contribution in [0, 0.1) is 11.2 Å². The molecular formula is C14H21F3N2O2. The number of halogens is 3. The zero-order valence-electron chi connectivity index (χ0n) is 12.3. The van der Waals surface area contributed by atoms with Crippen LogP contribution in [0.15, 0.2) is 12.1 Å². The van der Waals surface area contributed by atoms with Crippen molar-refractivity contribution in [1.82, 2.24) is 0 Å². The number of nitrogen functional groups attached to an aromatic ring is 1. The van der Waals surface area contributed by atoms with E-state index in [4.69, 9.17) is 10.8 Å². The van der Waals surface area contributed by atoms with Gasteiger partial charge in [-0.25, -0.2) is 4.39 Å². The first kappa shape index (κ1) is 17.4. The number of nitrogens with two attached hydrogens (primary N) is 1. The molecule has 0 aliphatic rings. The van der Waals surface area contributed by atoms with Gasteiger partial charge in [0.25, 0.3) is 0 Å². The average molecular weight is 306 g/mol. The molecule has 0 radical (unpaired) electrons. The largest absolute Gasteiger partial charge is 0.432 e. The number of ether oxygens (including phenoxy) is 1. The Morgan fingerprint density at radius 3 is 2.43 bits per heavy atom. The number of anilines is 2. The molecule has 1 rings (SSSR count). The summed E-state index contributed by atoms with van der Waals surface area (Å²) in [7, 11) is 0. The van der Waals surface area contributed by atoms with E-state index in [1.807, 2.05) is 20.8 Å². The van der Waals surface area contributed by atoms with Crippen LogP contribution in [0.25, 0.3) is 0 Å². The third-order valence-corrected chi connectivity index (χ3v) is 3.11. The van der Waals surface area contributed by atoms with Gasteiger partial charge >= 0.3 is 6.61 Å². The van der Waals surface area contributed by atoms with Gasteiger partial charge in [0.2, 0.25) is 0 Å². The lowest BCUT2D eigenvalue weighted by Gasteiger charge is -2.32. The summed E-state index contributed by atoms with van der Waals surface area (Å²) in [5, 5.41) is 12.2. The normalized spacial score (nSPS) is 13.3. The summed E-state index contributed by atoms with van der Waals surface area (Å²) in [5.41, 5.74) is 5.86. The summed E-state index contributed by atoms with van der Waals surface area (Å²) in [5.74, 6) is -1.52. The number of aliphatic hydroxyl groups excluding tert-OH is 1. The van der Waals surface area contributed by atoms with Crippen molar-refractivity contribution in [1.29, 1.82) is 0 Å². The first-order chi connectivity index (χ1) is 9.65. The lowest BCUT2D eigenvalue weighted by molar-refractivity contribution is -0.0521. The van der Waals surface area contributed by atoms with Gasteiger partial charge in [0.1, 0.15) is 0 Å². The molecule has 4 N–H and O–H groups in total. The molecule has 0 bridgehead atoms. The second-order valence-electron chi connectivity index (χ2n) is 5.82. The maximum Gasteiger partial charge on any atom is 0.387 e. The summed E-state index contributed by atoms with van der Waals surface area (Å²) >= 11 is 0. The quantitative estimate of drug-likeness (QED) is 0.706. The van der Waals surface area contributed by atoms with Crippen molar-refractivity contribution < 1.29 is 23.0 Å². The van der Waals surface area contributed by atoms with Crippen LogP contribution in [0.3, 0.4) is 0 Å². The Morgan fingerprint density at radius 1 is 1.33 bits per heavy atom. The smallest absolute Gasteiger partial charge is 0.387 e. The minimum absolute atomic E-state index is 0.0452. The van der Waals surface area contributed by atoms with Crippen LogP contribution in [0.1, 0.15) is 27.2 Å². The molecule has 0 saturated carbocycles. The monoisotopic (exact) mass is 306 g/mol. The highest BCUT2D eigenvalue weighted by Crippen LogP contribution is 2.33. The Labute approximate surface area is 122 Å². The van der Waals surface area contributed by atoms with Gasteiger partial charge in [0.05, 0.1) is 11.4 Å². The zero-order valence-corrected chi connectivity index (χ0v) is 12.3. The molecule has 0 saturated heterocycles. The van der Waals surface area contributed by atoms with E-state index in [2.05, 4.69) is 10.1 Å². The summed E-state index contributed by atoms with van der Waals surface area (Å²) < 4.78 is 42.1. The van der Waals surface area contributed by atoms with Crippen molar-refractivity contribution >= 4 is 11.4 Å². The van der Waals surface area contributed by atoms with E-state index in [-0.39, 0.29) is 23.8 Å². The fraction of sp³-hybridized carbons (Fsp3) is 0.571. The van der Waals surface area contributed by atoms with Gasteiger partial charge < -0.3 is 20.9 Å². The number of hydrogen-bond donors (Lipinski definition) is 3. The minimum atomic E-state index is -3.12. The highest BCUT2D eigenvalue weighted by Gasteiger charge is 2.25. The van der Waals surface area contributed by atoms with Crippen LogP contribution in [-0.4, -0.2) is 24.4 Å². The lowest BCUT2D eigenvalue weighted by Crippen LogP contribution is -2.35. The van der Waals surface area contributed by atoms with Gasteiger partial charge in [-0.2, -0.15) is 8.78 Å². The predicted molar refractivity (Wildman–Crippen MR) is 76.0 cm³/mol. The van der Waals surface area contributed by atoms with Crippen LogP contribution >= 0.6 is 0 Å². The van der Waals surface area contributed by atoms with Gasteiger partial charge in [0, 0.05) is 24.8 Å². The summed E-state index contributed by atoms with van der Waals surface area (Å²) in [6.07, 6.45) is 0.436. The number of benzene rings is 1. The third kappa shape index (κ3) is 5.00. The van der Waals surface area contributed by atoms with E-state index in [1.54, 1.807) is 0 Å². The molecule has 0 heterocycles. The standard InChI is InChI=1S/C14H21F3N2O2/c1-14(2,3)12(4-5-20)19-10-7-11(21-13(16)17)8(15)6-9(10)18/h6-7,12-13,19-20H,4-5,18H2,1-3H3. The van der Waals surface area contributed by atoms with Crippen LogP contribution in [0.5, 0.6) is 5.75 Å². The number of hydrogen-bond acceptors (Lipinski definition) is 4. The molecule has 0 aromatic heterocycles. The third-order valence-electron chi connectivity index (χ3n) is 3.11. The van der Waals surface area contributed by atoms with E-state index in [0.717, 1.165) is 12.1 Å². The van der Waals surface area contributed by atoms with Gasteiger partial charge in [-0.15, -0.1) is 0 Å². The second kappa shape index (κ2) is 6.89. The second-order valence-corrected chi connectivity index (χ2v) is 5.82. The predicted octanol–water partition coefficient (Wildman–Crippen LogP) is 3.22. The maximum absolute atomic E-state index is 13.5. The van der Waals surface area contributed by atoms with Crippen LogP contribution in [0.4, 0.5) is 24.5 Å². The average Bonchev–Trinajstić information content (AvgIpc) is 2.32. The minimum Gasteiger partial charge on any atom is -0.432 e. The first-order valence-electron chi connectivity index (χ1n) is 6.56. The molecule has 0 spiro atoms. The lowest BCUT2D eigenvalue weighted by atomic mass is 9.84. The SMILES string of the molecule is CC(C)(C)C(CCO)Nc1cc(OC(F)F)c(F)cc1N. The first-order valence-corrected chi connectivity index (χ1v) is 6.56. The summed E-state index contributed by atoms with van der Waals surface area (Å²) in [6, 6.07) is 1.86. The molecule has 4 nitrogen and oxygen atoms in total. The fourth-order valence-electron chi connectivity index (χ4n) is 1.92. The molecule has 0 aliphatic carbocycles. The van der Waals surface area contributed by atoms with E-state index >= 15 is 0 Å². The molecule has 120 valence electrons. The Bertz CT molecular complexity index is 476. The number of nitrogens with one attached hydrogen (secondary N) is 1. The molecule has 1 unspecified atom stereocenters. The van der Waals surface area contributed by atoms with Crippen molar-refractivity contribution in [3.05, 3.63) is 17.9 Å². The Balaban J connectivity index is 3.05.